The van der Waals surface area contributed by atoms with Crippen LogP contribution in [0, 0.1) is 12.3 Å². The molecule has 1 unspecified atom stereocenters. The summed E-state index contributed by atoms with van der Waals surface area (Å²) in [6.07, 6.45) is 2.81. The molecule has 2 N–H and O–H groups in total. The Morgan fingerprint density at radius 3 is 2.66 bits per heavy atom. The third-order valence-corrected chi connectivity index (χ3v) is 5.69. The summed E-state index contributed by atoms with van der Waals surface area (Å²) in [6.45, 7) is 10.8. The van der Waals surface area contributed by atoms with Crippen molar-refractivity contribution in [2.45, 2.75) is 47.1 Å². The van der Waals surface area contributed by atoms with Crippen LogP contribution in [0.4, 0.5) is 11.5 Å². The van der Waals surface area contributed by atoms with Gasteiger partial charge in [0.05, 0.1) is 11.9 Å². The zero-order valence-corrected chi connectivity index (χ0v) is 19.3. The summed E-state index contributed by atoms with van der Waals surface area (Å²) < 4.78 is 1.78. The summed E-state index contributed by atoms with van der Waals surface area (Å²) in [5.41, 5.74) is 3.77. The molecule has 0 aliphatic carbocycles. The number of rotatable bonds is 4. The van der Waals surface area contributed by atoms with Gasteiger partial charge in [-0.3, -0.25) is 9.59 Å². The lowest BCUT2D eigenvalue weighted by atomic mass is 9.95. The zero-order valence-electron chi connectivity index (χ0n) is 19.3. The van der Waals surface area contributed by atoms with Crippen LogP contribution in [0.3, 0.4) is 0 Å². The molecule has 8 nitrogen and oxygen atoms in total. The minimum atomic E-state index is -0.472. The lowest BCUT2D eigenvalue weighted by molar-refractivity contribution is -0.123. The molecule has 1 saturated heterocycles. The molecular formula is C24H30N6O2. The molecule has 4 rings (SSSR count). The highest BCUT2D eigenvalue weighted by Gasteiger charge is 2.25. The standard InChI is InChI=1S/C24H30N6O2/c1-15-6-7-17(12-19(15)27-23(32)24(3,4)5)20-14-30-21(26-20)8-9-22(28-30)29-11-10-18(13-29)25-16(2)31/h6-9,12,14,18H,10-11,13H2,1-5H3,(H,25,31)(H,27,32). The number of amides is 2. The van der Waals surface area contributed by atoms with Crippen LogP contribution >= 0.6 is 0 Å². The summed E-state index contributed by atoms with van der Waals surface area (Å²) in [6, 6.07) is 10.0. The summed E-state index contributed by atoms with van der Waals surface area (Å²) in [5, 5.41) is 10.7. The molecule has 0 radical (unpaired) electrons. The van der Waals surface area contributed by atoms with Crippen LogP contribution in [-0.4, -0.2) is 45.5 Å². The second kappa shape index (κ2) is 8.26. The van der Waals surface area contributed by atoms with E-state index in [1.54, 1.807) is 11.4 Å². The summed E-state index contributed by atoms with van der Waals surface area (Å²) in [7, 11) is 0. The number of nitrogens with one attached hydrogen (secondary N) is 2. The smallest absolute Gasteiger partial charge is 0.229 e. The zero-order chi connectivity index (χ0) is 23.0. The Morgan fingerprint density at radius 2 is 1.94 bits per heavy atom. The molecule has 168 valence electrons. The molecule has 2 amide bonds. The molecule has 1 aromatic carbocycles. The Kier molecular flexibility index (Phi) is 5.62. The van der Waals surface area contributed by atoms with Crippen molar-refractivity contribution in [3.05, 3.63) is 42.1 Å². The van der Waals surface area contributed by atoms with Gasteiger partial charge < -0.3 is 15.5 Å². The maximum atomic E-state index is 12.5. The average Bonchev–Trinajstić information content (AvgIpc) is 3.34. The Labute approximate surface area is 188 Å². The van der Waals surface area contributed by atoms with E-state index in [0.29, 0.717) is 0 Å². The van der Waals surface area contributed by atoms with Crippen molar-refractivity contribution >= 4 is 29.0 Å². The van der Waals surface area contributed by atoms with E-state index in [9.17, 15) is 9.59 Å². The van der Waals surface area contributed by atoms with E-state index < -0.39 is 5.41 Å². The number of hydrogen-bond acceptors (Lipinski definition) is 5. The largest absolute Gasteiger partial charge is 0.353 e. The number of benzene rings is 1. The van der Waals surface area contributed by atoms with Crippen LogP contribution < -0.4 is 15.5 Å². The first kappa shape index (κ1) is 21.8. The SMILES string of the molecule is CC(=O)NC1CCN(c2ccc3nc(-c4ccc(C)c(NC(=O)C(C)(C)C)c4)cn3n2)C1. The van der Waals surface area contributed by atoms with E-state index in [0.717, 1.165) is 53.5 Å². The van der Waals surface area contributed by atoms with Gasteiger partial charge in [-0.25, -0.2) is 9.50 Å². The van der Waals surface area contributed by atoms with E-state index in [1.165, 1.54) is 0 Å². The Morgan fingerprint density at radius 1 is 1.16 bits per heavy atom. The Bertz CT molecular complexity index is 1180. The highest BCUT2D eigenvalue weighted by Crippen LogP contribution is 2.27. The molecule has 1 aliphatic heterocycles. The molecule has 0 saturated carbocycles. The van der Waals surface area contributed by atoms with E-state index in [4.69, 9.17) is 10.1 Å². The van der Waals surface area contributed by atoms with E-state index in [2.05, 4.69) is 15.5 Å². The first-order valence-corrected chi connectivity index (χ1v) is 10.9. The summed E-state index contributed by atoms with van der Waals surface area (Å²) >= 11 is 0. The lowest BCUT2D eigenvalue weighted by Crippen LogP contribution is -2.35. The first-order valence-electron chi connectivity index (χ1n) is 10.9. The predicted octanol–water partition coefficient (Wildman–Crippen LogP) is 3.40. The van der Waals surface area contributed by atoms with Crippen molar-refractivity contribution in [2.24, 2.45) is 5.41 Å². The van der Waals surface area contributed by atoms with Gasteiger partial charge in [-0.1, -0.05) is 32.9 Å². The highest BCUT2D eigenvalue weighted by atomic mass is 16.2. The van der Waals surface area contributed by atoms with Crippen LogP contribution in [0.1, 0.15) is 39.7 Å². The minimum absolute atomic E-state index is 0.00401. The van der Waals surface area contributed by atoms with Crippen molar-refractivity contribution < 1.29 is 9.59 Å². The normalized spacial score (nSPS) is 16.4. The number of anilines is 2. The van der Waals surface area contributed by atoms with Gasteiger partial charge in [0.1, 0.15) is 5.82 Å². The van der Waals surface area contributed by atoms with E-state index in [1.807, 2.05) is 64.2 Å². The number of nitrogens with zero attached hydrogens (tertiary/aromatic N) is 4. The van der Waals surface area contributed by atoms with E-state index >= 15 is 0 Å². The fraction of sp³-hybridized carbons (Fsp3) is 0.417. The molecule has 8 heteroatoms. The Hall–Kier alpha value is -3.42. The second-order valence-corrected chi connectivity index (χ2v) is 9.49. The molecular weight excluding hydrogens is 404 g/mol. The van der Waals surface area contributed by atoms with Crippen LogP contribution in [0.25, 0.3) is 16.9 Å². The molecule has 3 aromatic rings. The number of aryl methyl sites for hydroxylation is 1. The van der Waals surface area contributed by atoms with Crippen LogP contribution in [-0.2, 0) is 9.59 Å². The molecule has 0 spiro atoms. The summed E-state index contributed by atoms with van der Waals surface area (Å²) in [4.78, 5) is 30.7. The van der Waals surface area contributed by atoms with Crippen LogP contribution in [0.2, 0.25) is 0 Å². The fourth-order valence-corrected chi connectivity index (χ4v) is 3.78. The molecule has 3 heterocycles. The maximum Gasteiger partial charge on any atom is 0.229 e. The third kappa shape index (κ3) is 4.59. The van der Waals surface area contributed by atoms with E-state index in [-0.39, 0.29) is 17.9 Å². The predicted molar refractivity (Wildman–Crippen MR) is 126 cm³/mol. The van der Waals surface area contributed by atoms with Crippen molar-refractivity contribution in [1.29, 1.82) is 0 Å². The topological polar surface area (TPSA) is 91.6 Å². The molecule has 0 bridgehead atoms. The third-order valence-electron chi connectivity index (χ3n) is 5.69. The van der Waals surface area contributed by atoms with Gasteiger partial charge in [0.15, 0.2) is 5.65 Å². The van der Waals surface area contributed by atoms with Crippen LogP contribution in [0.15, 0.2) is 36.5 Å². The van der Waals surface area contributed by atoms with Gasteiger partial charge in [-0.05, 0) is 37.1 Å². The highest BCUT2D eigenvalue weighted by molar-refractivity contribution is 5.95. The Balaban J connectivity index is 1.58. The van der Waals surface area contributed by atoms with Crippen molar-refractivity contribution in [3.8, 4) is 11.3 Å². The number of carbonyl (C=O) groups excluding carboxylic acids is 2. The molecule has 1 fully saturated rings. The molecule has 1 aliphatic rings. The monoisotopic (exact) mass is 434 g/mol. The number of aromatic nitrogens is 3. The number of fused-ring (bicyclic) bond motifs is 1. The van der Waals surface area contributed by atoms with Gasteiger partial charge in [-0.2, -0.15) is 0 Å². The van der Waals surface area contributed by atoms with Gasteiger partial charge in [0.2, 0.25) is 11.8 Å². The number of imidazole rings is 1. The quantitative estimate of drug-likeness (QED) is 0.657. The second-order valence-electron chi connectivity index (χ2n) is 9.49. The average molecular weight is 435 g/mol. The van der Waals surface area contributed by atoms with Crippen molar-refractivity contribution in [3.63, 3.8) is 0 Å². The molecule has 2 aromatic heterocycles. The maximum absolute atomic E-state index is 12.5. The van der Waals surface area contributed by atoms with Gasteiger partial charge in [0, 0.05) is 42.7 Å². The van der Waals surface area contributed by atoms with Crippen molar-refractivity contribution in [1.82, 2.24) is 19.9 Å². The van der Waals surface area contributed by atoms with Crippen molar-refractivity contribution in [2.75, 3.05) is 23.3 Å². The summed E-state index contributed by atoms with van der Waals surface area (Å²) in [5.74, 6) is 0.828. The van der Waals surface area contributed by atoms with Gasteiger partial charge in [0.25, 0.3) is 0 Å². The number of hydrogen-bond donors (Lipinski definition) is 2. The molecule has 32 heavy (non-hydrogen) atoms. The lowest BCUT2D eigenvalue weighted by Gasteiger charge is -2.19. The molecule has 1 atom stereocenters. The minimum Gasteiger partial charge on any atom is -0.353 e. The fourth-order valence-electron chi connectivity index (χ4n) is 3.78. The van der Waals surface area contributed by atoms with Crippen LogP contribution in [0.5, 0.6) is 0 Å². The number of carbonyl (C=O) groups is 2. The van der Waals surface area contributed by atoms with Gasteiger partial charge >= 0.3 is 0 Å². The first-order chi connectivity index (χ1) is 15.1. The van der Waals surface area contributed by atoms with Gasteiger partial charge in [-0.15, -0.1) is 5.10 Å².